The third kappa shape index (κ3) is 9.06. The molecule has 0 rings (SSSR count). The zero-order chi connectivity index (χ0) is 0. The normalized spacial score (nSPS) is 0. The Labute approximate surface area is 96.4 Å². The Balaban J connectivity index is 0. The second-order valence-corrected chi connectivity index (χ2v) is 0. The van der Waals surface area contributed by atoms with Gasteiger partial charge in [-0.3, -0.25) is 0 Å². The van der Waals surface area contributed by atoms with Gasteiger partial charge in [0.2, 0.25) is 0 Å². The molecule has 0 aromatic heterocycles. The molecule has 0 aliphatic heterocycles. The fourth-order valence-corrected chi connectivity index (χ4v) is 0. The molecule has 0 nitrogen and oxygen atoms in total. The fourth-order valence-electron chi connectivity index (χ4n) is 0. The first-order valence-electron chi connectivity index (χ1n) is 0. The Morgan fingerprint density at radius 3 is 0.500 bits per heavy atom. The monoisotopic (exact) mass is 99.9 g/mol. The fraction of sp³-hybridized carbons (Fsp3) is 0. The molecule has 0 bridgehead atoms. The van der Waals surface area contributed by atoms with E-state index in [0.29, 0.717) is 0 Å². The van der Waals surface area contributed by atoms with Crippen molar-refractivity contribution in [2.24, 2.45) is 0 Å². The van der Waals surface area contributed by atoms with E-state index >= 15 is 0 Å². The van der Waals surface area contributed by atoms with Crippen molar-refractivity contribution in [1.29, 1.82) is 0 Å². The van der Waals surface area contributed by atoms with E-state index in [2.05, 4.69) is 0 Å². The number of hydrogen-bond donors (Lipinski definition) is 0. The van der Waals surface area contributed by atoms with Gasteiger partial charge in [-0.05, 0) is 0 Å². The molecule has 0 spiro atoms. The maximum atomic E-state index is 0. The molecule has 8 valence electrons. The average molecular weight is 99.9 g/mol. The van der Waals surface area contributed by atoms with Crippen molar-refractivity contribution >= 4 is 9.90 Å². The summed E-state index contributed by atoms with van der Waals surface area (Å²) >= 11 is 0. The van der Waals surface area contributed by atoms with E-state index in [0.717, 1.165) is 0 Å². The van der Waals surface area contributed by atoms with Crippen molar-refractivity contribution in [2.45, 2.75) is 0 Å². The summed E-state index contributed by atoms with van der Waals surface area (Å²) in [5.41, 5.74) is 0. The second kappa shape index (κ2) is 16.1. The standard InChI is InChI=1S/3Na.P/q3*+1;-3. The maximum Gasteiger partial charge on any atom is 1.00 e. The molecule has 0 aromatic rings. The summed E-state index contributed by atoms with van der Waals surface area (Å²) in [5, 5.41) is 0. The largest absolute Gasteiger partial charge is 3.00 e. The van der Waals surface area contributed by atoms with Crippen LogP contribution in [-0.4, -0.2) is 0 Å². The van der Waals surface area contributed by atoms with Crippen molar-refractivity contribution in [2.75, 3.05) is 0 Å². The molecular formula is Na3P. The summed E-state index contributed by atoms with van der Waals surface area (Å²) in [6.45, 7) is 0. The van der Waals surface area contributed by atoms with E-state index in [1.165, 1.54) is 0 Å². The van der Waals surface area contributed by atoms with Crippen molar-refractivity contribution in [3.8, 4) is 0 Å². The first-order valence-corrected chi connectivity index (χ1v) is 0. The summed E-state index contributed by atoms with van der Waals surface area (Å²) in [5.74, 6) is 0. The minimum absolute atomic E-state index is 0. The average Bonchev–Trinajstić information content (AvgIpc) is 0. The van der Waals surface area contributed by atoms with Gasteiger partial charge in [0, 0.05) is 0 Å². The Bertz CT molecular complexity index is 3.25. The van der Waals surface area contributed by atoms with Crippen LogP contribution in [0.15, 0.2) is 0 Å². The molecule has 0 N–H and O–H groups in total. The molecule has 0 fully saturated rings. The van der Waals surface area contributed by atoms with Crippen LogP contribution in [0.25, 0.3) is 0 Å². The van der Waals surface area contributed by atoms with Crippen LogP contribution in [0.1, 0.15) is 0 Å². The van der Waals surface area contributed by atoms with Gasteiger partial charge in [0.05, 0.1) is 0 Å². The summed E-state index contributed by atoms with van der Waals surface area (Å²) in [7, 11) is 0. The Morgan fingerprint density at radius 2 is 0.500 bits per heavy atom. The molecule has 4 heteroatoms. The summed E-state index contributed by atoms with van der Waals surface area (Å²) < 4.78 is 0. The molecule has 0 aliphatic carbocycles. The Hall–Kier alpha value is 3.43. The van der Waals surface area contributed by atoms with Crippen LogP contribution in [0.2, 0.25) is 0 Å². The predicted molar refractivity (Wildman–Crippen MR) is 6.92 cm³/mol. The van der Waals surface area contributed by atoms with Gasteiger partial charge < -0.3 is 9.90 Å². The van der Waals surface area contributed by atoms with E-state index < -0.39 is 0 Å². The van der Waals surface area contributed by atoms with Crippen LogP contribution >= 0.6 is 9.90 Å². The SMILES string of the molecule is [Na+].[Na+].[Na+].[P-3]. The van der Waals surface area contributed by atoms with Gasteiger partial charge >= 0.3 is 88.7 Å². The predicted octanol–water partition coefficient (Wildman–Crippen LogP) is -8.13. The van der Waals surface area contributed by atoms with Gasteiger partial charge in [0.1, 0.15) is 0 Å². The molecule has 0 amide bonds. The van der Waals surface area contributed by atoms with Gasteiger partial charge in [0.25, 0.3) is 0 Å². The van der Waals surface area contributed by atoms with Gasteiger partial charge in [0.15, 0.2) is 0 Å². The van der Waals surface area contributed by atoms with Crippen molar-refractivity contribution < 1.29 is 88.7 Å². The summed E-state index contributed by atoms with van der Waals surface area (Å²) in [4.78, 5) is 0. The van der Waals surface area contributed by atoms with E-state index in [1.54, 1.807) is 0 Å². The number of rotatable bonds is 0. The first kappa shape index (κ1) is 26.1. The quantitative estimate of drug-likeness (QED) is 0.209. The molecule has 0 atom stereocenters. The maximum absolute atomic E-state index is 0. The summed E-state index contributed by atoms with van der Waals surface area (Å²) in [6.07, 6.45) is 0. The third-order valence-electron chi connectivity index (χ3n) is 0. The van der Waals surface area contributed by atoms with Crippen LogP contribution in [0, 0.1) is 0 Å². The van der Waals surface area contributed by atoms with Crippen LogP contribution in [-0.2, 0) is 0 Å². The smallest absolute Gasteiger partial charge is 1.00 e. The third-order valence-corrected chi connectivity index (χ3v) is 0. The van der Waals surface area contributed by atoms with Gasteiger partial charge in [-0.25, -0.2) is 0 Å². The Kier molecular flexibility index (Phi) is 105. The van der Waals surface area contributed by atoms with Crippen LogP contribution in [0.3, 0.4) is 0 Å². The first-order chi connectivity index (χ1) is 0. The molecule has 0 saturated heterocycles. The van der Waals surface area contributed by atoms with Gasteiger partial charge in [-0.2, -0.15) is 0 Å². The van der Waals surface area contributed by atoms with Crippen molar-refractivity contribution in [3.63, 3.8) is 0 Å². The number of hydrogen-bond acceptors (Lipinski definition) is 0. The van der Waals surface area contributed by atoms with E-state index in [4.69, 9.17) is 0 Å². The van der Waals surface area contributed by atoms with Crippen LogP contribution in [0.5, 0.6) is 0 Å². The van der Waals surface area contributed by atoms with E-state index in [9.17, 15) is 0 Å². The molecular weight excluding hydrogens is 99.9 g/mol. The van der Waals surface area contributed by atoms with Crippen molar-refractivity contribution in [3.05, 3.63) is 0 Å². The van der Waals surface area contributed by atoms with Gasteiger partial charge in [-0.1, -0.05) is 0 Å². The molecule has 0 aliphatic rings. The zero-order valence-electron chi connectivity index (χ0n) is 3.45. The molecule has 0 unspecified atom stereocenters. The minimum Gasteiger partial charge on any atom is -3.00 e. The molecule has 0 heterocycles. The zero-order valence-corrected chi connectivity index (χ0v) is 10.3. The second-order valence-electron chi connectivity index (χ2n) is 0. The Morgan fingerprint density at radius 1 is 0.500 bits per heavy atom. The van der Waals surface area contributed by atoms with Crippen molar-refractivity contribution in [1.82, 2.24) is 0 Å². The molecule has 0 saturated carbocycles. The van der Waals surface area contributed by atoms with Crippen LogP contribution < -0.4 is 88.7 Å². The van der Waals surface area contributed by atoms with Gasteiger partial charge in [-0.15, -0.1) is 0 Å². The van der Waals surface area contributed by atoms with Crippen LogP contribution in [0.4, 0.5) is 0 Å². The van der Waals surface area contributed by atoms with E-state index in [-0.39, 0.29) is 98.6 Å². The topological polar surface area (TPSA) is 0 Å². The van der Waals surface area contributed by atoms with E-state index in [1.807, 2.05) is 0 Å². The molecule has 0 radical (unpaired) electrons. The molecule has 0 aromatic carbocycles. The molecule has 4 heavy (non-hydrogen) atoms. The summed E-state index contributed by atoms with van der Waals surface area (Å²) in [6, 6.07) is 0. The minimum atomic E-state index is 0.